The number of rotatable bonds is 2. The van der Waals surface area contributed by atoms with Crippen molar-refractivity contribution in [2.45, 2.75) is 19.9 Å². The molecule has 0 saturated carbocycles. The summed E-state index contributed by atoms with van der Waals surface area (Å²) in [6, 6.07) is 12.9. The zero-order valence-corrected chi connectivity index (χ0v) is 14.1. The van der Waals surface area contributed by atoms with Gasteiger partial charge >= 0.3 is 6.03 Å². The normalized spacial score (nSPS) is 13.2. The number of carbonyl (C=O) groups is 2. The molecule has 0 saturated heterocycles. The molecule has 1 aliphatic heterocycles. The van der Waals surface area contributed by atoms with E-state index in [9.17, 15) is 9.59 Å². The molecule has 1 aliphatic rings. The van der Waals surface area contributed by atoms with Crippen LogP contribution in [0.5, 0.6) is 0 Å². The Labute approximate surface area is 145 Å². The van der Waals surface area contributed by atoms with Crippen LogP contribution in [0.1, 0.15) is 18.1 Å². The van der Waals surface area contributed by atoms with E-state index < -0.39 is 0 Å². The van der Waals surface area contributed by atoms with E-state index in [0.717, 1.165) is 12.0 Å². The molecule has 2 N–H and O–H groups in total. The van der Waals surface area contributed by atoms with Gasteiger partial charge in [-0.25, -0.2) is 4.79 Å². The molecule has 0 atom stereocenters. The van der Waals surface area contributed by atoms with Crippen LogP contribution in [0.3, 0.4) is 0 Å². The van der Waals surface area contributed by atoms with Gasteiger partial charge in [-0.2, -0.15) is 0 Å². The number of hydrogen-bond acceptors (Lipinski definition) is 2. The van der Waals surface area contributed by atoms with Gasteiger partial charge in [0.25, 0.3) is 0 Å². The topological polar surface area (TPSA) is 61.4 Å². The minimum absolute atomic E-state index is 0.178. The number of halogens is 1. The Kier molecular flexibility index (Phi) is 4.71. The Balaban J connectivity index is 1.72. The fourth-order valence-electron chi connectivity index (χ4n) is 2.77. The molecule has 0 bridgehead atoms. The first-order valence-corrected chi connectivity index (χ1v) is 8.10. The van der Waals surface area contributed by atoms with E-state index in [1.807, 2.05) is 18.2 Å². The maximum absolute atomic E-state index is 12.5. The average Bonchev–Trinajstić information content (AvgIpc) is 2.57. The van der Waals surface area contributed by atoms with Crippen molar-refractivity contribution in [2.75, 3.05) is 17.2 Å². The third kappa shape index (κ3) is 3.68. The molecule has 3 rings (SSSR count). The highest BCUT2D eigenvalue weighted by Gasteiger charge is 2.21. The van der Waals surface area contributed by atoms with Crippen molar-refractivity contribution in [2.24, 2.45) is 0 Å². The molecule has 0 aromatic heterocycles. The first-order chi connectivity index (χ1) is 11.5. The van der Waals surface area contributed by atoms with E-state index in [0.29, 0.717) is 29.5 Å². The second kappa shape index (κ2) is 6.93. The molecule has 3 amide bonds. The van der Waals surface area contributed by atoms with Crippen LogP contribution in [0.15, 0.2) is 42.5 Å². The van der Waals surface area contributed by atoms with Crippen LogP contribution in [0, 0.1) is 0 Å². The lowest BCUT2D eigenvalue weighted by Crippen LogP contribution is -2.38. The molecule has 0 spiro atoms. The second-order valence-corrected chi connectivity index (χ2v) is 6.15. The first-order valence-electron chi connectivity index (χ1n) is 7.73. The van der Waals surface area contributed by atoms with Crippen LogP contribution in [-0.4, -0.2) is 23.4 Å². The second-order valence-electron chi connectivity index (χ2n) is 5.75. The van der Waals surface area contributed by atoms with Crippen LogP contribution in [0.4, 0.5) is 16.2 Å². The fourth-order valence-corrected chi connectivity index (χ4v) is 2.93. The molecule has 0 radical (unpaired) electrons. The van der Waals surface area contributed by atoms with Crippen LogP contribution >= 0.6 is 11.6 Å². The number of nitrogens with one attached hydrogen (secondary N) is 2. The van der Waals surface area contributed by atoms with Crippen molar-refractivity contribution in [3.63, 3.8) is 0 Å². The van der Waals surface area contributed by atoms with E-state index in [-0.39, 0.29) is 11.9 Å². The highest BCUT2D eigenvalue weighted by atomic mass is 35.5. The summed E-state index contributed by atoms with van der Waals surface area (Å²) >= 11 is 6.15. The minimum atomic E-state index is -0.202. The van der Waals surface area contributed by atoms with Gasteiger partial charge < -0.3 is 15.5 Å². The summed E-state index contributed by atoms with van der Waals surface area (Å²) in [5.41, 5.74) is 3.52. The molecule has 5 nitrogen and oxygen atoms in total. The van der Waals surface area contributed by atoms with E-state index in [1.165, 1.54) is 12.5 Å². The maximum Gasteiger partial charge on any atom is 0.322 e. The standard InChI is InChI=1S/C18H18ClN3O2/c1-12(23)20-15-6-7-16(19)17(10-15)21-18(24)22-9-8-13-4-2-3-5-14(13)11-22/h2-7,10H,8-9,11H2,1H3,(H,20,23)(H,21,24). The molecular formula is C18H18ClN3O2. The number of carbonyl (C=O) groups excluding carboxylic acids is 2. The molecule has 0 unspecified atom stereocenters. The van der Waals surface area contributed by atoms with Crippen LogP contribution in [0.2, 0.25) is 5.02 Å². The number of fused-ring (bicyclic) bond motifs is 1. The summed E-state index contributed by atoms with van der Waals surface area (Å²) in [6.45, 7) is 2.66. The van der Waals surface area contributed by atoms with Crippen molar-refractivity contribution in [1.29, 1.82) is 0 Å². The molecular weight excluding hydrogens is 326 g/mol. The van der Waals surface area contributed by atoms with Gasteiger partial charge in [0, 0.05) is 25.7 Å². The zero-order valence-electron chi connectivity index (χ0n) is 13.3. The van der Waals surface area contributed by atoms with Gasteiger partial charge in [-0.15, -0.1) is 0 Å². The summed E-state index contributed by atoms with van der Waals surface area (Å²) in [5, 5.41) is 5.93. The van der Waals surface area contributed by atoms with Crippen LogP contribution in [-0.2, 0) is 17.8 Å². The van der Waals surface area contributed by atoms with Crippen molar-refractivity contribution < 1.29 is 9.59 Å². The first kappa shape index (κ1) is 16.3. The van der Waals surface area contributed by atoms with Gasteiger partial charge in [0.2, 0.25) is 5.91 Å². The van der Waals surface area contributed by atoms with Crippen LogP contribution < -0.4 is 10.6 Å². The van der Waals surface area contributed by atoms with Crippen LogP contribution in [0.25, 0.3) is 0 Å². The quantitative estimate of drug-likeness (QED) is 0.869. The molecule has 0 aliphatic carbocycles. The van der Waals surface area contributed by atoms with Gasteiger partial charge in [0.1, 0.15) is 0 Å². The SMILES string of the molecule is CC(=O)Nc1ccc(Cl)c(NC(=O)N2CCc3ccccc3C2)c1. The third-order valence-electron chi connectivity index (χ3n) is 3.95. The lowest BCUT2D eigenvalue weighted by Gasteiger charge is -2.29. The van der Waals surface area contributed by atoms with Crippen molar-refractivity contribution >= 4 is 34.9 Å². The van der Waals surface area contributed by atoms with Crippen molar-refractivity contribution in [3.8, 4) is 0 Å². The lowest BCUT2D eigenvalue weighted by molar-refractivity contribution is -0.114. The molecule has 0 fully saturated rings. The highest BCUT2D eigenvalue weighted by molar-refractivity contribution is 6.33. The number of amides is 3. The van der Waals surface area contributed by atoms with E-state index in [1.54, 1.807) is 23.1 Å². The Hall–Kier alpha value is -2.53. The summed E-state index contributed by atoms with van der Waals surface area (Å²) in [5.74, 6) is -0.178. The van der Waals surface area contributed by atoms with Gasteiger partial charge in [-0.05, 0) is 35.7 Å². The Morgan fingerprint density at radius 3 is 2.58 bits per heavy atom. The summed E-state index contributed by atoms with van der Waals surface area (Å²) in [4.78, 5) is 25.4. The molecule has 6 heteroatoms. The Morgan fingerprint density at radius 2 is 1.83 bits per heavy atom. The summed E-state index contributed by atoms with van der Waals surface area (Å²) < 4.78 is 0. The zero-order chi connectivity index (χ0) is 17.1. The number of anilines is 2. The van der Waals surface area contributed by atoms with Gasteiger partial charge in [-0.1, -0.05) is 35.9 Å². The molecule has 24 heavy (non-hydrogen) atoms. The molecule has 2 aromatic rings. The molecule has 2 aromatic carbocycles. The summed E-state index contributed by atoms with van der Waals surface area (Å²) in [6.07, 6.45) is 0.837. The largest absolute Gasteiger partial charge is 0.326 e. The monoisotopic (exact) mass is 343 g/mol. The highest BCUT2D eigenvalue weighted by Crippen LogP contribution is 2.27. The Morgan fingerprint density at radius 1 is 1.08 bits per heavy atom. The summed E-state index contributed by atoms with van der Waals surface area (Å²) in [7, 11) is 0. The fraction of sp³-hybridized carbons (Fsp3) is 0.222. The maximum atomic E-state index is 12.5. The predicted molar refractivity (Wildman–Crippen MR) is 95.3 cm³/mol. The number of nitrogens with zero attached hydrogens (tertiary/aromatic N) is 1. The number of benzene rings is 2. The smallest absolute Gasteiger partial charge is 0.322 e. The van der Waals surface area contributed by atoms with Gasteiger partial charge in [-0.3, -0.25) is 4.79 Å². The van der Waals surface area contributed by atoms with Crippen molar-refractivity contribution in [3.05, 3.63) is 58.6 Å². The third-order valence-corrected chi connectivity index (χ3v) is 4.28. The van der Waals surface area contributed by atoms with E-state index in [2.05, 4.69) is 16.7 Å². The lowest BCUT2D eigenvalue weighted by atomic mass is 10.0. The number of urea groups is 1. The minimum Gasteiger partial charge on any atom is -0.326 e. The molecule has 1 heterocycles. The average molecular weight is 344 g/mol. The number of hydrogen-bond donors (Lipinski definition) is 2. The predicted octanol–water partition coefficient (Wildman–Crippen LogP) is 3.89. The van der Waals surface area contributed by atoms with E-state index in [4.69, 9.17) is 11.6 Å². The van der Waals surface area contributed by atoms with Gasteiger partial charge in [0.05, 0.1) is 10.7 Å². The van der Waals surface area contributed by atoms with Gasteiger partial charge in [0.15, 0.2) is 0 Å². The van der Waals surface area contributed by atoms with Crippen molar-refractivity contribution in [1.82, 2.24) is 4.90 Å². The Bertz CT molecular complexity index is 792. The van der Waals surface area contributed by atoms with E-state index >= 15 is 0 Å². The molecule has 124 valence electrons.